The Bertz CT molecular complexity index is 401. The topological polar surface area (TPSA) is 32.3 Å². The van der Waals surface area contributed by atoms with Crippen molar-refractivity contribution < 1.29 is 4.79 Å². The lowest BCUT2D eigenvalue weighted by Gasteiger charge is -2.24. The molecule has 0 spiro atoms. The van der Waals surface area contributed by atoms with E-state index in [4.69, 9.17) is 0 Å². The van der Waals surface area contributed by atoms with Crippen molar-refractivity contribution in [2.45, 2.75) is 33.2 Å². The van der Waals surface area contributed by atoms with Crippen LogP contribution in [-0.4, -0.2) is 30.9 Å². The molecule has 0 aliphatic rings. The van der Waals surface area contributed by atoms with Crippen LogP contribution in [0.15, 0.2) is 18.2 Å². The van der Waals surface area contributed by atoms with Crippen LogP contribution in [0.25, 0.3) is 0 Å². The van der Waals surface area contributed by atoms with Gasteiger partial charge in [0.1, 0.15) is 0 Å². The molecule has 0 bridgehead atoms. The maximum atomic E-state index is 12.2. The molecule has 0 aromatic heterocycles. The molecule has 1 aromatic rings. The molecule has 3 nitrogen and oxygen atoms in total. The number of nitrogens with one attached hydrogen (secondary N) is 1. The molecule has 1 N–H and O–H groups in total. The third kappa shape index (κ3) is 2.99. The number of carbonyl (C=O) groups excluding carboxylic acids is 1. The van der Waals surface area contributed by atoms with Crippen molar-refractivity contribution in [1.29, 1.82) is 0 Å². The second-order valence-corrected chi connectivity index (χ2v) is 4.45. The summed E-state index contributed by atoms with van der Waals surface area (Å²) in [5, 5.41) is 3.10. The minimum Gasteiger partial charge on any atom is -0.388 e. The summed E-state index contributed by atoms with van der Waals surface area (Å²) in [6.45, 7) is 6.16. The quantitative estimate of drug-likeness (QED) is 0.868. The predicted molar refractivity (Wildman–Crippen MR) is 72.6 cm³/mol. The molecular weight excluding hydrogens is 212 g/mol. The molecule has 0 saturated carbocycles. The molecule has 0 aliphatic heterocycles. The summed E-state index contributed by atoms with van der Waals surface area (Å²) >= 11 is 0. The van der Waals surface area contributed by atoms with E-state index in [2.05, 4.69) is 19.2 Å². The van der Waals surface area contributed by atoms with Crippen molar-refractivity contribution in [2.24, 2.45) is 0 Å². The van der Waals surface area contributed by atoms with Gasteiger partial charge in [-0.05, 0) is 44.0 Å². The first kappa shape index (κ1) is 13.6. The molecule has 1 rings (SSSR count). The number of benzene rings is 1. The van der Waals surface area contributed by atoms with Gasteiger partial charge in [-0.15, -0.1) is 0 Å². The van der Waals surface area contributed by atoms with E-state index in [9.17, 15) is 4.79 Å². The van der Waals surface area contributed by atoms with Gasteiger partial charge in [0.15, 0.2) is 0 Å². The van der Waals surface area contributed by atoms with Crippen LogP contribution in [-0.2, 0) is 0 Å². The third-order valence-electron chi connectivity index (χ3n) is 3.32. The molecule has 0 radical (unpaired) electrons. The Morgan fingerprint density at radius 1 is 1.47 bits per heavy atom. The van der Waals surface area contributed by atoms with Gasteiger partial charge in [0, 0.05) is 31.4 Å². The van der Waals surface area contributed by atoms with Crippen molar-refractivity contribution in [3.8, 4) is 0 Å². The Kier molecular flexibility index (Phi) is 4.55. The fourth-order valence-electron chi connectivity index (χ4n) is 1.75. The number of hydrogen-bond acceptors (Lipinski definition) is 2. The Balaban J connectivity index is 2.93. The smallest absolute Gasteiger partial charge is 0.253 e. The molecule has 0 saturated heterocycles. The number of carbonyl (C=O) groups is 1. The van der Waals surface area contributed by atoms with Gasteiger partial charge in [-0.3, -0.25) is 4.79 Å². The number of hydrogen-bond donors (Lipinski definition) is 1. The molecule has 1 atom stereocenters. The van der Waals surface area contributed by atoms with Crippen LogP contribution in [0, 0.1) is 6.92 Å². The lowest BCUT2D eigenvalue weighted by atomic mass is 10.1. The highest BCUT2D eigenvalue weighted by molar-refractivity contribution is 5.95. The van der Waals surface area contributed by atoms with Crippen molar-refractivity contribution in [3.05, 3.63) is 29.3 Å². The minimum absolute atomic E-state index is 0.0881. The summed E-state index contributed by atoms with van der Waals surface area (Å²) in [5.74, 6) is 0.0881. The van der Waals surface area contributed by atoms with Gasteiger partial charge in [0.25, 0.3) is 5.91 Å². The summed E-state index contributed by atoms with van der Waals surface area (Å²) < 4.78 is 0. The Labute approximate surface area is 104 Å². The van der Waals surface area contributed by atoms with Crippen molar-refractivity contribution >= 4 is 11.6 Å². The van der Waals surface area contributed by atoms with Crippen LogP contribution in [0.2, 0.25) is 0 Å². The number of nitrogens with zero attached hydrogens (tertiary/aromatic N) is 1. The van der Waals surface area contributed by atoms with Crippen LogP contribution in [0.4, 0.5) is 5.69 Å². The molecule has 3 heteroatoms. The molecule has 0 aliphatic carbocycles. The van der Waals surface area contributed by atoms with E-state index in [-0.39, 0.29) is 11.9 Å². The zero-order valence-corrected chi connectivity index (χ0v) is 11.4. The highest BCUT2D eigenvalue weighted by atomic mass is 16.2. The van der Waals surface area contributed by atoms with Crippen LogP contribution < -0.4 is 5.32 Å². The Morgan fingerprint density at radius 2 is 2.12 bits per heavy atom. The molecule has 17 heavy (non-hydrogen) atoms. The monoisotopic (exact) mass is 234 g/mol. The zero-order chi connectivity index (χ0) is 13.0. The van der Waals surface area contributed by atoms with Crippen molar-refractivity contribution in [2.75, 3.05) is 19.4 Å². The Hall–Kier alpha value is -1.51. The second-order valence-electron chi connectivity index (χ2n) is 4.45. The number of anilines is 1. The largest absolute Gasteiger partial charge is 0.388 e. The average molecular weight is 234 g/mol. The standard InChI is InChI=1S/C14H22N2O/c1-6-11(3)16(5)14(17)12-7-8-13(15-4)10(2)9-12/h7-9,11,15H,6H2,1-5H3. The molecule has 0 fully saturated rings. The first-order valence-electron chi connectivity index (χ1n) is 6.06. The van der Waals surface area contributed by atoms with Gasteiger partial charge >= 0.3 is 0 Å². The normalized spacial score (nSPS) is 12.1. The number of aryl methyl sites for hydroxylation is 1. The number of rotatable bonds is 4. The lowest BCUT2D eigenvalue weighted by Crippen LogP contribution is -2.34. The van der Waals surface area contributed by atoms with E-state index in [1.165, 1.54) is 0 Å². The van der Waals surface area contributed by atoms with Gasteiger partial charge in [-0.25, -0.2) is 0 Å². The summed E-state index contributed by atoms with van der Waals surface area (Å²) in [6, 6.07) is 6.03. The molecule has 94 valence electrons. The molecule has 1 amide bonds. The first-order valence-corrected chi connectivity index (χ1v) is 6.06. The second kappa shape index (κ2) is 5.71. The van der Waals surface area contributed by atoms with E-state index in [0.717, 1.165) is 23.2 Å². The minimum atomic E-state index is 0.0881. The lowest BCUT2D eigenvalue weighted by molar-refractivity contribution is 0.0740. The molecular formula is C14H22N2O. The first-order chi connectivity index (χ1) is 8.01. The van der Waals surface area contributed by atoms with Gasteiger partial charge in [0.05, 0.1) is 0 Å². The zero-order valence-electron chi connectivity index (χ0n) is 11.4. The highest BCUT2D eigenvalue weighted by Crippen LogP contribution is 2.17. The fraction of sp³-hybridized carbons (Fsp3) is 0.500. The summed E-state index contributed by atoms with van der Waals surface area (Å²) in [5.41, 5.74) is 2.91. The number of amides is 1. The van der Waals surface area contributed by atoms with E-state index in [1.807, 2.05) is 39.2 Å². The average Bonchev–Trinajstić information content (AvgIpc) is 2.35. The maximum Gasteiger partial charge on any atom is 0.253 e. The van der Waals surface area contributed by atoms with Crippen LogP contribution in [0.5, 0.6) is 0 Å². The van der Waals surface area contributed by atoms with Gasteiger partial charge in [0.2, 0.25) is 0 Å². The van der Waals surface area contributed by atoms with Crippen LogP contribution >= 0.6 is 0 Å². The van der Waals surface area contributed by atoms with Gasteiger partial charge in [-0.1, -0.05) is 6.92 Å². The van der Waals surface area contributed by atoms with E-state index in [0.29, 0.717) is 0 Å². The van der Waals surface area contributed by atoms with E-state index in [1.54, 1.807) is 4.90 Å². The van der Waals surface area contributed by atoms with E-state index >= 15 is 0 Å². The molecule has 0 heterocycles. The van der Waals surface area contributed by atoms with Crippen molar-refractivity contribution in [1.82, 2.24) is 4.90 Å². The Morgan fingerprint density at radius 3 is 2.59 bits per heavy atom. The predicted octanol–water partition coefficient (Wildman–Crippen LogP) is 2.91. The summed E-state index contributed by atoms with van der Waals surface area (Å²) in [4.78, 5) is 14.0. The van der Waals surface area contributed by atoms with Gasteiger partial charge < -0.3 is 10.2 Å². The van der Waals surface area contributed by atoms with Crippen LogP contribution in [0.3, 0.4) is 0 Å². The van der Waals surface area contributed by atoms with Gasteiger partial charge in [-0.2, -0.15) is 0 Å². The van der Waals surface area contributed by atoms with Crippen molar-refractivity contribution in [3.63, 3.8) is 0 Å². The highest BCUT2D eigenvalue weighted by Gasteiger charge is 2.16. The summed E-state index contributed by atoms with van der Waals surface area (Å²) in [7, 11) is 3.74. The van der Waals surface area contributed by atoms with E-state index < -0.39 is 0 Å². The summed E-state index contributed by atoms with van der Waals surface area (Å²) in [6.07, 6.45) is 0.968. The van der Waals surface area contributed by atoms with Crippen LogP contribution in [0.1, 0.15) is 36.2 Å². The fourth-order valence-corrected chi connectivity index (χ4v) is 1.75. The molecule has 1 aromatic carbocycles. The maximum absolute atomic E-state index is 12.2. The third-order valence-corrected chi connectivity index (χ3v) is 3.32. The molecule has 1 unspecified atom stereocenters. The SMILES string of the molecule is CCC(C)N(C)C(=O)c1ccc(NC)c(C)c1.